The molecule has 4 heteroatoms. The highest BCUT2D eigenvalue weighted by atomic mass is 35.5. The first-order chi connectivity index (χ1) is 8.24. The van der Waals surface area contributed by atoms with E-state index in [0.29, 0.717) is 6.04 Å². The molecule has 3 rings (SSSR count). The van der Waals surface area contributed by atoms with Gasteiger partial charge in [-0.2, -0.15) is 0 Å². The molecule has 1 saturated carbocycles. The topological polar surface area (TPSA) is 15.3 Å². The van der Waals surface area contributed by atoms with Crippen molar-refractivity contribution < 1.29 is 0 Å². The first-order valence-corrected chi connectivity index (χ1v) is 6.94. The number of nitrogens with one attached hydrogen (secondary N) is 1. The van der Waals surface area contributed by atoms with E-state index in [0.717, 1.165) is 34.9 Å². The number of benzene rings is 1. The van der Waals surface area contributed by atoms with E-state index in [4.69, 9.17) is 23.2 Å². The number of nitrogens with zero attached hydrogens (tertiary/aromatic N) is 1. The van der Waals surface area contributed by atoms with E-state index < -0.39 is 0 Å². The molecule has 1 saturated heterocycles. The zero-order chi connectivity index (χ0) is 11.8. The lowest BCUT2D eigenvalue weighted by Gasteiger charge is -2.21. The first kappa shape index (κ1) is 11.6. The lowest BCUT2D eigenvalue weighted by molar-refractivity contribution is 0.548. The van der Waals surface area contributed by atoms with Crippen molar-refractivity contribution in [1.82, 2.24) is 5.32 Å². The Balaban J connectivity index is 1.72. The molecule has 0 amide bonds. The van der Waals surface area contributed by atoms with E-state index in [1.54, 1.807) is 0 Å². The monoisotopic (exact) mass is 270 g/mol. The molecule has 2 nitrogen and oxygen atoms in total. The Hall–Kier alpha value is -0.440. The van der Waals surface area contributed by atoms with E-state index in [-0.39, 0.29) is 0 Å². The number of rotatable bonds is 3. The highest BCUT2D eigenvalue weighted by molar-refractivity contribution is 6.39. The van der Waals surface area contributed by atoms with Crippen LogP contribution in [0.25, 0.3) is 0 Å². The second-order valence-corrected chi connectivity index (χ2v) is 5.76. The summed E-state index contributed by atoms with van der Waals surface area (Å²) in [5.41, 5.74) is 0.996. The lowest BCUT2D eigenvalue weighted by Crippen LogP contribution is -2.34. The van der Waals surface area contributed by atoms with Gasteiger partial charge in [0.2, 0.25) is 0 Å². The van der Waals surface area contributed by atoms with E-state index >= 15 is 0 Å². The van der Waals surface area contributed by atoms with Crippen LogP contribution in [0.3, 0.4) is 0 Å². The lowest BCUT2D eigenvalue weighted by atomic mass is 10.2. The summed E-state index contributed by atoms with van der Waals surface area (Å²) < 4.78 is 0. The van der Waals surface area contributed by atoms with Crippen LogP contribution in [0.1, 0.15) is 19.3 Å². The normalized spacial score (nSPS) is 24.4. The summed E-state index contributed by atoms with van der Waals surface area (Å²) in [6, 6.07) is 7.07. The maximum absolute atomic E-state index is 6.23. The summed E-state index contributed by atoms with van der Waals surface area (Å²) in [4.78, 5) is 2.30. The molecule has 0 radical (unpaired) electrons. The van der Waals surface area contributed by atoms with Crippen molar-refractivity contribution in [2.75, 3.05) is 18.0 Å². The predicted molar refractivity (Wildman–Crippen MR) is 73.2 cm³/mol. The average Bonchev–Trinajstić information content (AvgIpc) is 2.97. The number of hydrogen-bond acceptors (Lipinski definition) is 2. The molecule has 1 aliphatic carbocycles. The summed E-state index contributed by atoms with van der Waals surface area (Å²) in [5, 5.41) is 5.17. The van der Waals surface area contributed by atoms with Crippen LogP contribution in [0.5, 0.6) is 0 Å². The van der Waals surface area contributed by atoms with Crippen LogP contribution in [0, 0.1) is 0 Å². The maximum Gasteiger partial charge on any atom is 0.0745 e. The van der Waals surface area contributed by atoms with Gasteiger partial charge in [0, 0.05) is 25.2 Å². The molecule has 2 fully saturated rings. The molecule has 0 bridgehead atoms. The van der Waals surface area contributed by atoms with Gasteiger partial charge in [0.15, 0.2) is 0 Å². The smallest absolute Gasteiger partial charge is 0.0745 e. The molecule has 17 heavy (non-hydrogen) atoms. The summed E-state index contributed by atoms with van der Waals surface area (Å²) >= 11 is 12.5. The Morgan fingerprint density at radius 2 is 1.76 bits per heavy atom. The highest BCUT2D eigenvalue weighted by Crippen LogP contribution is 2.35. The Bertz CT molecular complexity index is 398. The van der Waals surface area contributed by atoms with Gasteiger partial charge in [-0.1, -0.05) is 29.3 Å². The van der Waals surface area contributed by atoms with Crippen molar-refractivity contribution in [3.63, 3.8) is 0 Å². The van der Waals surface area contributed by atoms with Gasteiger partial charge in [0.05, 0.1) is 15.7 Å². The van der Waals surface area contributed by atoms with E-state index in [2.05, 4.69) is 10.2 Å². The maximum atomic E-state index is 6.23. The number of hydrogen-bond donors (Lipinski definition) is 1. The minimum absolute atomic E-state index is 0.592. The molecule has 2 aliphatic rings. The van der Waals surface area contributed by atoms with E-state index in [1.807, 2.05) is 18.2 Å². The number of anilines is 1. The van der Waals surface area contributed by atoms with Crippen LogP contribution in [0.2, 0.25) is 10.0 Å². The molecule has 1 aliphatic heterocycles. The van der Waals surface area contributed by atoms with Crippen LogP contribution in [0.4, 0.5) is 5.69 Å². The standard InChI is InChI=1S/C13H16Cl2N2/c14-11-2-1-3-12(15)13(11)17-7-6-10(8-17)16-9-4-5-9/h1-3,9-10,16H,4-8H2. The first-order valence-electron chi connectivity index (χ1n) is 6.19. The summed E-state index contributed by atoms with van der Waals surface area (Å²) in [5.74, 6) is 0. The third-order valence-electron chi connectivity index (χ3n) is 3.49. The fourth-order valence-electron chi connectivity index (χ4n) is 2.47. The van der Waals surface area contributed by atoms with Gasteiger partial charge in [-0.05, 0) is 31.4 Å². The number of halogens is 2. The fraction of sp³-hybridized carbons (Fsp3) is 0.538. The zero-order valence-electron chi connectivity index (χ0n) is 9.63. The SMILES string of the molecule is Clc1cccc(Cl)c1N1CCC(NC2CC2)C1. The van der Waals surface area contributed by atoms with Crippen molar-refractivity contribution in [3.05, 3.63) is 28.2 Å². The average molecular weight is 271 g/mol. The van der Waals surface area contributed by atoms with Gasteiger partial charge >= 0.3 is 0 Å². The van der Waals surface area contributed by atoms with Crippen LogP contribution >= 0.6 is 23.2 Å². The van der Waals surface area contributed by atoms with Crippen molar-refractivity contribution >= 4 is 28.9 Å². The molecule has 1 heterocycles. The minimum atomic E-state index is 0.592. The van der Waals surface area contributed by atoms with Gasteiger partial charge in [-0.25, -0.2) is 0 Å². The largest absolute Gasteiger partial charge is 0.368 e. The van der Waals surface area contributed by atoms with Crippen molar-refractivity contribution in [1.29, 1.82) is 0 Å². The van der Waals surface area contributed by atoms with Crippen molar-refractivity contribution in [2.24, 2.45) is 0 Å². The molecule has 1 atom stereocenters. The highest BCUT2D eigenvalue weighted by Gasteiger charge is 2.30. The second kappa shape index (κ2) is 4.68. The van der Waals surface area contributed by atoms with Gasteiger partial charge in [-0.15, -0.1) is 0 Å². The Kier molecular flexibility index (Phi) is 3.20. The molecule has 1 aromatic carbocycles. The van der Waals surface area contributed by atoms with E-state index in [9.17, 15) is 0 Å². The third kappa shape index (κ3) is 2.54. The molecular weight excluding hydrogens is 255 g/mol. The van der Waals surface area contributed by atoms with E-state index in [1.165, 1.54) is 19.3 Å². The zero-order valence-corrected chi connectivity index (χ0v) is 11.1. The quantitative estimate of drug-likeness (QED) is 0.907. The Labute approximate surface area is 112 Å². The molecular formula is C13H16Cl2N2. The summed E-state index contributed by atoms with van der Waals surface area (Å²) in [7, 11) is 0. The predicted octanol–water partition coefficient (Wildman–Crippen LogP) is 3.32. The van der Waals surface area contributed by atoms with Crippen molar-refractivity contribution in [2.45, 2.75) is 31.3 Å². The fourth-order valence-corrected chi connectivity index (χ4v) is 3.11. The minimum Gasteiger partial charge on any atom is -0.368 e. The second-order valence-electron chi connectivity index (χ2n) is 4.94. The molecule has 0 aromatic heterocycles. The summed E-state index contributed by atoms with van der Waals surface area (Å²) in [6.07, 6.45) is 3.85. The van der Waals surface area contributed by atoms with Gasteiger partial charge in [0.25, 0.3) is 0 Å². The van der Waals surface area contributed by atoms with Gasteiger partial charge in [-0.3, -0.25) is 0 Å². The Morgan fingerprint density at radius 3 is 2.41 bits per heavy atom. The van der Waals surface area contributed by atoms with Crippen LogP contribution in [-0.2, 0) is 0 Å². The summed E-state index contributed by atoms with van der Waals surface area (Å²) in [6.45, 7) is 2.05. The number of para-hydroxylation sites is 1. The van der Waals surface area contributed by atoms with Crippen LogP contribution < -0.4 is 10.2 Å². The molecule has 0 spiro atoms. The molecule has 1 unspecified atom stereocenters. The van der Waals surface area contributed by atoms with Crippen LogP contribution in [0.15, 0.2) is 18.2 Å². The van der Waals surface area contributed by atoms with Crippen LogP contribution in [-0.4, -0.2) is 25.2 Å². The van der Waals surface area contributed by atoms with Crippen molar-refractivity contribution in [3.8, 4) is 0 Å². The molecule has 92 valence electrons. The molecule has 1 aromatic rings. The van der Waals surface area contributed by atoms with Gasteiger partial charge in [0.1, 0.15) is 0 Å². The van der Waals surface area contributed by atoms with Gasteiger partial charge < -0.3 is 10.2 Å². The third-order valence-corrected chi connectivity index (χ3v) is 4.10. The Morgan fingerprint density at radius 1 is 1.06 bits per heavy atom. The molecule has 1 N–H and O–H groups in total.